The Bertz CT molecular complexity index is 378. The van der Waals surface area contributed by atoms with Crippen molar-refractivity contribution in [3.63, 3.8) is 0 Å². The molecule has 0 heterocycles. The molecule has 0 aliphatic heterocycles. The lowest BCUT2D eigenvalue weighted by Crippen LogP contribution is -2.22. The summed E-state index contributed by atoms with van der Waals surface area (Å²) < 4.78 is 0. The molecule has 88 valence electrons. The van der Waals surface area contributed by atoms with Crippen molar-refractivity contribution < 1.29 is 0 Å². The van der Waals surface area contributed by atoms with Gasteiger partial charge in [0.1, 0.15) is 0 Å². The van der Waals surface area contributed by atoms with Crippen LogP contribution < -0.4 is 5.32 Å². The summed E-state index contributed by atoms with van der Waals surface area (Å²) in [4.78, 5) is 0. The zero-order chi connectivity index (χ0) is 12.5. The lowest BCUT2D eigenvalue weighted by atomic mass is 9.95. The van der Waals surface area contributed by atoms with Crippen LogP contribution in [0.1, 0.15) is 37.7 Å². The van der Waals surface area contributed by atoms with Crippen molar-refractivity contribution in [2.75, 3.05) is 5.32 Å². The van der Waals surface area contributed by atoms with Gasteiger partial charge in [-0.2, -0.15) is 5.26 Å². The van der Waals surface area contributed by atoms with Crippen LogP contribution in [0.5, 0.6) is 0 Å². The second kappa shape index (κ2) is 7.36. The first-order chi connectivity index (χ1) is 8.38. The minimum atomic E-state index is 0.631. The fraction of sp³-hybridized carbons (Fsp3) is 0.400. The Morgan fingerprint density at radius 3 is 2.18 bits per heavy atom. The number of hydrogen-bond acceptors (Lipinski definition) is 2. The van der Waals surface area contributed by atoms with Crippen molar-refractivity contribution in [2.45, 2.75) is 38.1 Å². The van der Waals surface area contributed by atoms with Gasteiger partial charge in [-0.3, -0.25) is 0 Å². The smallest absolute Gasteiger partial charge is 0.0991 e. The molecule has 2 rings (SSSR count). The van der Waals surface area contributed by atoms with E-state index in [0.717, 1.165) is 11.3 Å². The van der Waals surface area contributed by atoms with Gasteiger partial charge in [-0.05, 0) is 37.1 Å². The molecule has 1 saturated carbocycles. The zero-order valence-electron chi connectivity index (χ0n) is 10.0. The normalized spacial score (nSPS) is 15.1. The van der Waals surface area contributed by atoms with E-state index in [2.05, 4.69) is 24.2 Å². The minimum absolute atomic E-state index is 0.631. The molecule has 0 unspecified atom stereocenters. The highest BCUT2D eigenvalue weighted by atomic mass is 14.9. The molecule has 1 aromatic carbocycles. The topological polar surface area (TPSA) is 35.8 Å². The van der Waals surface area contributed by atoms with Crippen LogP contribution in [0.2, 0.25) is 0 Å². The maximum absolute atomic E-state index is 8.68. The van der Waals surface area contributed by atoms with Gasteiger partial charge in [0.15, 0.2) is 0 Å². The van der Waals surface area contributed by atoms with Gasteiger partial charge in [0.2, 0.25) is 0 Å². The fourth-order valence-electron chi connectivity index (χ4n) is 2.12. The minimum Gasteiger partial charge on any atom is -0.382 e. The van der Waals surface area contributed by atoms with Gasteiger partial charge in [0.25, 0.3) is 0 Å². The molecule has 1 N–H and O–H groups in total. The van der Waals surface area contributed by atoms with Crippen LogP contribution in [-0.4, -0.2) is 6.04 Å². The van der Waals surface area contributed by atoms with E-state index in [1.165, 1.54) is 32.1 Å². The van der Waals surface area contributed by atoms with Gasteiger partial charge in [-0.1, -0.05) is 19.3 Å². The Kier molecular flexibility index (Phi) is 5.69. The van der Waals surface area contributed by atoms with E-state index in [1.54, 1.807) is 0 Å². The Balaban J connectivity index is 0.000000686. The highest BCUT2D eigenvalue weighted by Crippen LogP contribution is 2.21. The molecule has 1 aliphatic carbocycles. The number of benzene rings is 1. The summed E-state index contributed by atoms with van der Waals surface area (Å²) in [5.41, 5.74) is 1.87. The van der Waals surface area contributed by atoms with Crippen LogP contribution in [-0.2, 0) is 0 Å². The fourth-order valence-corrected chi connectivity index (χ4v) is 2.12. The number of nitrogens with one attached hydrogen (secondary N) is 1. The number of terminal acetylenes is 1. The molecule has 0 atom stereocenters. The van der Waals surface area contributed by atoms with Crippen molar-refractivity contribution in [2.24, 2.45) is 0 Å². The molecular weight excluding hydrogens is 208 g/mol. The highest BCUT2D eigenvalue weighted by Gasteiger charge is 2.12. The molecule has 0 amide bonds. The number of hydrogen-bond donors (Lipinski definition) is 1. The van der Waals surface area contributed by atoms with Crippen LogP contribution in [0, 0.1) is 24.2 Å². The summed E-state index contributed by atoms with van der Waals surface area (Å²) in [6, 6.07) is 10.5. The molecule has 2 heteroatoms. The van der Waals surface area contributed by atoms with Crippen molar-refractivity contribution in [3.05, 3.63) is 29.8 Å². The number of anilines is 1. The van der Waals surface area contributed by atoms with E-state index in [0.29, 0.717) is 6.04 Å². The molecule has 0 bridgehead atoms. The first-order valence-corrected chi connectivity index (χ1v) is 5.98. The standard InChI is InChI=1S/C13H16N2.C2H2/c14-10-11-6-8-13(9-7-11)15-12-4-2-1-3-5-12;1-2/h6-9,12,15H,1-5H2;1-2H. The molecule has 2 nitrogen and oxygen atoms in total. The van der Waals surface area contributed by atoms with E-state index < -0.39 is 0 Å². The predicted octanol–water partition coefficient (Wildman–Crippen LogP) is 3.55. The third kappa shape index (κ3) is 4.21. The van der Waals surface area contributed by atoms with Crippen LogP contribution in [0.4, 0.5) is 5.69 Å². The zero-order valence-corrected chi connectivity index (χ0v) is 10.0. The van der Waals surface area contributed by atoms with Gasteiger partial charge in [-0.25, -0.2) is 0 Å². The second-order valence-corrected chi connectivity index (χ2v) is 4.17. The highest BCUT2D eigenvalue weighted by molar-refractivity contribution is 5.47. The van der Waals surface area contributed by atoms with Crippen LogP contribution >= 0.6 is 0 Å². The van der Waals surface area contributed by atoms with Crippen molar-refractivity contribution in [3.8, 4) is 18.9 Å². The van der Waals surface area contributed by atoms with Crippen molar-refractivity contribution in [1.29, 1.82) is 5.26 Å². The molecule has 17 heavy (non-hydrogen) atoms. The molecule has 0 spiro atoms. The second-order valence-electron chi connectivity index (χ2n) is 4.17. The lowest BCUT2D eigenvalue weighted by Gasteiger charge is -2.23. The van der Waals surface area contributed by atoms with E-state index in [9.17, 15) is 0 Å². The Morgan fingerprint density at radius 2 is 1.65 bits per heavy atom. The molecule has 0 radical (unpaired) electrons. The Morgan fingerprint density at radius 1 is 1.06 bits per heavy atom. The van der Waals surface area contributed by atoms with Gasteiger partial charge in [-0.15, -0.1) is 12.8 Å². The SMILES string of the molecule is C#C.N#Cc1ccc(NC2CCCCC2)cc1. The molecule has 1 fully saturated rings. The average Bonchev–Trinajstić information content (AvgIpc) is 2.43. The molecular formula is C15H18N2. The summed E-state index contributed by atoms with van der Waals surface area (Å²) in [7, 11) is 0. The van der Waals surface area contributed by atoms with Gasteiger partial charge in [0, 0.05) is 11.7 Å². The number of nitrogens with zero attached hydrogens (tertiary/aromatic N) is 1. The van der Waals surface area contributed by atoms with E-state index in [-0.39, 0.29) is 0 Å². The monoisotopic (exact) mass is 226 g/mol. The van der Waals surface area contributed by atoms with Crippen molar-refractivity contribution >= 4 is 5.69 Å². The van der Waals surface area contributed by atoms with Crippen molar-refractivity contribution in [1.82, 2.24) is 0 Å². The summed E-state index contributed by atoms with van der Waals surface area (Å²) >= 11 is 0. The van der Waals surface area contributed by atoms with Gasteiger partial charge < -0.3 is 5.32 Å². The van der Waals surface area contributed by atoms with Crippen LogP contribution in [0.25, 0.3) is 0 Å². The lowest BCUT2D eigenvalue weighted by molar-refractivity contribution is 0.463. The quantitative estimate of drug-likeness (QED) is 0.783. The van der Waals surface area contributed by atoms with Gasteiger partial charge >= 0.3 is 0 Å². The Labute approximate surface area is 104 Å². The first kappa shape index (κ1) is 13.1. The summed E-state index contributed by atoms with van der Waals surface area (Å²) in [5.74, 6) is 0. The molecule has 1 aromatic rings. The predicted molar refractivity (Wildman–Crippen MR) is 71.5 cm³/mol. The summed E-state index contributed by atoms with van der Waals surface area (Å²) in [6.45, 7) is 0. The van der Waals surface area contributed by atoms with E-state index in [4.69, 9.17) is 5.26 Å². The third-order valence-electron chi connectivity index (χ3n) is 2.99. The molecule has 0 aromatic heterocycles. The number of nitriles is 1. The number of rotatable bonds is 2. The third-order valence-corrected chi connectivity index (χ3v) is 2.99. The van der Waals surface area contributed by atoms with Gasteiger partial charge in [0.05, 0.1) is 11.6 Å². The van der Waals surface area contributed by atoms with Crippen LogP contribution in [0.15, 0.2) is 24.3 Å². The van der Waals surface area contributed by atoms with E-state index in [1.807, 2.05) is 24.3 Å². The summed E-state index contributed by atoms with van der Waals surface area (Å²) in [6.07, 6.45) is 14.6. The maximum atomic E-state index is 8.68. The molecule has 1 aliphatic rings. The maximum Gasteiger partial charge on any atom is 0.0991 e. The average molecular weight is 226 g/mol. The van der Waals surface area contributed by atoms with E-state index >= 15 is 0 Å². The van der Waals surface area contributed by atoms with Crippen LogP contribution in [0.3, 0.4) is 0 Å². The molecule has 0 saturated heterocycles. The Hall–Kier alpha value is -1.93. The first-order valence-electron chi connectivity index (χ1n) is 5.98. The summed E-state index contributed by atoms with van der Waals surface area (Å²) in [5, 5.41) is 12.2. The largest absolute Gasteiger partial charge is 0.382 e.